The van der Waals surface area contributed by atoms with E-state index in [9.17, 15) is 14.4 Å². The lowest BCUT2D eigenvalue weighted by atomic mass is 10.0. The number of amides is 3. The van der Waals surface area contributed by atoms with Crippen molar-refractivity contribution in [3.05, 3.63) is 53.6 Å². The van der Waals surface area contributed by atoms with Crippen LogP contribution in [0.1, 0.15) is 17.5 Å². The van der Waals surface area contributed by atoms with Gasteiger partial charge in [-0.15, -0.1) is 11.8 Å². The van der Waals surface area contributed by atoms with Gasteiger partial charge in [0.05, 0.1) is 5.75 Å². The number of hydrazine groups is 1. The molecule has 0 saturated heterocycles. The average molecular weight is 399 g/mol. The Morgan fingerprint density at radius 1 is 1.07 bits per heavy atom. The number of rotatable bonds is 6. The van der Waals surface area contributed by atoms with Crippen molar-refractivity contribution in [2.75, 3.05) is 17.7 Å². The Bertz CT molecular complexity index is 884. The molecule has 0 aliphatic carbocycles. The topological polar surface area (TPSA) is 96.5 Å². The van der Waals surface area contributed by atoms with Crippen LogP contribution in [0.2, 0.25) is 0 Å². The first-order valence-electron chi connectivity index (χ1n) is 8.82. The van der Waals surface area contributed by atoms with Crippen LogP contribution in [0.4, 0.5) is 5.69 Å². The zero-order valence-electron chi connectivity index (χ0n) is 15.4. The average Bonchev–Trinajstić information content (AvgIpc) is 2.70. The second kappa shape index (κ2) is 9.27. The maximum Gasteiger partial charge on any atom is 0.276 e. The molecule has 1 heterocycles. The van der Waals surface area contributed by atoms with Crippen LogP contribution in [-0.4, -0.2) is 30.1 Å². The lowest BCUT2D eigenvalue weighted by Gasteiger charge is -2.17. The van der Waals surface area contributed by atoms with Crippen LogP contribution >= 0.6 is 11.8 Å². The van der Waals surface area contributed by atoms with Crippen molar-refractivity contribution in [3.63, 3.8) is 0 Å². The highest BCUT2D eigenvalue weighted by Crippen LogP contribution is 2.26. The summed E-state index contributed by atoms with van der Waals surface area (Å²) >= 11 is 1.39. The number of nitrogens with one attached hydrogen (secondary N) is 3. The van der Waals surface area contributed by atoms with E-state index in [2.05, 4.69) is 16.2 Å². The van der Waals surface area contributed by atoms with Gasteiger partial charge >= 0.3 is 0 Å². The minimum Gasteiger partial charge on any atom is -0.484 e. The summed E-state index contributed by atoms with van der Waals surface area (Å²) in [6.07, 6.45) is 1.07. The van der Waals surface area contributed by atoms with Crippen molar-refractivity contribution in [2.24, 2.45) is 0 Å². The molecule has 0 aromatic heterocycles. The van der Waals surface area contributed by atoms with E-state index >= 15 is 0 Å². The number of fused-ring (bicyclic) bond motifs is 1. The molecule has 7 nitrogen and oxygen atoms in total. The highest BCUT2D eigenvalue weighted by Gasteiger charge is 2.15. The number of anilines is 1. The van der Waals surface area contributed by atoms with Gasteiger partial charge in [0.1, 0.15) is 5.75 Å². The Morgan fingerprint density at radius 3 is 2.61 bits per heavy atom. The van der Waals surface area contributed by atoms with E-state index in [1.54, 1.807) is 18.2 Å². The first kappa shape index (κ1) is 19.8. The molecule has 3 N–H and O–H groups in total. The molecular weight excluding hydrogens is 378 g/mol. The molecule has 1 aliphatic rings. The molecule has 1 aliphatic heterocycles. The summed E-state index contributed by atoms with van der Waals surface area (Å²) in [7, 11) is 0. The fraction of sp³-hybridized carbons (Fsp3) is 0.250. The van der Waals surface area contributed by atoms with E-state index in [0.29, 0.717) is 18.6 Å². The number of benzene rings is 2. The van der Waals surface area contributed by atoms with Crippen molar-refractivity contribution in [2.45, 2.75) is 24.7 Å². The largest absolute Gasteiger partial charge is 0.484 e. The molecule has 3 amide bonds. The van der Waals surface area contributed by atoms with Gasteiger partial charge in [0.15, 0.2) is 6.61 Å². The molecule has 0 radical (unpaired) electrons. The van der Waals surface area contributed by atoms with Gasteiger partial charge in [0, 0.05) is 17.0 Å². The number of hydrogen-bond donors (Lipinski definition) is 3. The molecule has 2 aromatic carbocycles. The number of ether oxygens (including phenoxy) is 1. The van der Waals surface area contributed by atoms with Crippen LogP contribution in [0.3, 0.4) is 0 Å². The molecule has 3 rings (SSSR count). The van der Waals surface area contributed by atoms with E-state index in [0.717, 1.165) is 21.7 Å². The molecule has 8 heteroatoms. The first-order valence-corrected chi connectivity index (χ1v) is 9.81. The summed E-state index contributed by atoms with van der Waals surface area (Å²) in [5.41, 5.74) is 7.60. The van der Waals surface area contributed by atoms with Gasteiger partial charge in [-0.2, -0.15) is 0 Å². The zero-order valence-corrected chi connectivity index (χ0v) is 16.2. The maximum absolute atomic E-state index is 11.8. The minimum atomic E-state index is -0.459. The molecule has 0 saturated carbocycles. The molecule has 146 valence electrons. The number of carbonyl (C=O) groups is 3. The number of carbonyl (C=O) groups excluding carboxylic acids is 3. The zero-order chi connectivity index (χ0) is 19.9. The molecule has 0 bridgehead atoms. The predicted octanol–water partition coefficient (Wildman–Crippen LogP) is 2.20. The van der Waals surface area contributed by atoms with Gasteiger partial charge in [-0.1, -0.05) is 17.7 Å². The summed E-state index contributed by atoms with van der Waals surface area (Å²) in [6.45, 7) is 1.78. The van der Waals surface area contributed by atoms with Crippen LogP contribution < -0.4 is 20.9 Å². The molecule has 0 spiro atoms. The molecular formula is C20H21N3O4S. The van der Waals surface area contributed by atoms with E-state index in [-0.39, 0.29) is 24.2 Å². The quantitative estimate of drug-likeness (QED) is 0.511. The summed E-state index contributed by atoms with van der Waals surface area (Å²) < 4.78 is 5.45. The molecule has 0 unspecified atom stereocenters. The minimum absolute atomic E-state index is 0.00294. The van der Waals surface area contributed by atoms with Crippen molar-refractivity contribution in [1.82, 2.24) is 10.9 Å². The summed E-state index contributed by atoms with van der Waals surface area (Å²) in [6, 6.07) is 13.1. The summed E-state index contributed by atoms with van der Waals surface area (Å²) in [5.74, 6) is -0.0351. The van der Waals surface area contributed by atoms with Gasteiger partial charge in [0.25, 0.3) is 5.91 Å². The Kier molecular flexibility index (Phi) is 6.54. The lowest BCUT2D eigenvalue weighted by Crippen LogP contribution is -2.44. The van der Waals surface area contributed by atoms with Crippen LogP contribution in [0.15, 0.2) is 47.4 Å². The third-order valence-electron chi connectivity index (χ3n) is 4.07. The van der Waals surface area contributed by atoms with E-state index in [1.807, 2.05) is 31.2 Å². The second-order valence-corrected chi connectivity index (χ2v) is 7.40. The number of aryl methyl sites for hydroxylation is 2. The maximum atomic E-state index is 11.8. The van der Waals surface area contributed by atoms with Gasteiger partial charge in [-0.05, 0) is 49.2 Å². The highest BCUT2D eigenvalue weighted by atomic mass is 32.2. The monoisotopic (exact) mass is 399 g/mol. The molecule has 0 atom stereocenters. The highest BCUT2D eigenvalue weighted by molar-refractivity contribution is 8.00. The van der Waals surface area contributed by atoms with Crippen LogP contribution in [0, 0.1) is 6.92 Å². The van der Waals surface area contributed by atoms with Gasteiger partial charge in [-0.3, -0.25) is 25.2 Å². The normalized spacial score (nSPS) is 12.5. The SMILES string of the molecule is Cc1ccc(SCC(=O)NNC(=O)COc2ccc3c(c2)CCC(=O)N3)cc1. The molecule has 2 aromatic rings. The third-order valence-corrected chi connectivity index (χ3v) is 5.09. The smallest absolute Gasteiger partial charge is 0.276 e. The standard InChI is InChI=1S/C20H21N3O4S/c1-13-2-6-16(7-3-13)28-12-20(26)23-22-19(25)11-27-15-5-8-17-14(10-15)4-9-18(24)21-17/h2-3,5-8,10H,4,9,11-12H2,1H3,(H,21,24)(H,22,25)(H,23,26). The van der Waals surface area contributed by atoms with Crippen LogP contribution in [-0.2, 0) is 20.8 Å². The fourth-order valence-corrected chi connectivity index (χ4v) is 3.29. The predicted molar refractivity (Wildman–Crippen MR) is 107 cm³/mol. The van der Waals surface area contributed by atoms with Crippen LogP contribution in [0.5, 0.6) is 5.75 Å². The van der Waals surface area contributed by atoms with Gasteiger partial charge in [-0.25, -0.2) is 0 Å². The summed E-state index contributed by atoms with van der Waals surface area (Å²) in [5, 5.41) is 2.79. The Balaban J connectivity index is 1.38. The first-order chi connectivity index (χ1) is 13.5. The Morgan fingerprint density at radius 2 is 1.82 bits per heavy atom. The van der Waals surface area contributed by atoms with E-state index in [4.69, 9.17) is 4.74 Å². The van der Waals surface area contributed by atoms with Gasteiger partial charge in [0.2, 0.25) is 11.8 Å². The third kappa shape index (κ3) is 5.75. The van der Waals surface area contributed by atoms with Crippen molar-refractivity contribution in [1.29, 1.82) is 0 Å². The van der Waals surface area contributed by atoms with Crippen molar-refractivity contribution < 1.29 is 19.1 Å². The van der Waals surface area contributed by atoms with E-state index in [1.165, 1.54) is 11.8 Å². The van der Waals surface area contributed by atoms with E-state index < -0.39 is 5.91 Å². The van der Waals surface area contributed by atoms with Crippen molar-refractivity contribution >= 4 is 35.2 Å². The van der Waals surface area contributed by atoms with Gasteiger partial charge < -0.3 is 10.1 Å². The lowest BCUT2D eigenvalue weighted by molar-refractivity contribution is -0.128. The Hall–Kier alpha value is -3.00. The van der Waals surface area contributed by atoms with Crippen LogP contribution in [0.25, 0.3) is 0 Å². The molecule has 0 fully saturated rings. The molecule has 28 heavy (non-hydrogen) atoms. The summed E-state index contributed by atoms with van der Waals surface area (Å²) in [4.78, 5) is 36.0. The number of hydrogen-bond acceptors (Lipinski definition) is 5. The second-order valence-electron chi connectivity index (χ2n) is 6.35. The number of thioether (sulfide) groups is 1. The Labute approximate surface area is 167 Å². The van der Waals surface area contributed by atoms with Crippen molar-refractivity contribution in [3.8, 4) is 5.75 Å². The fourth-order valence-electron chi connectivity index (χ4n) is 2.59.